The van der Waals surface area contributed by atoms with E-state index in [9.17, 15) is 4.79 Å². The van der Waals surface area contributed by atoms with E-state index in [0.29, 0.717) is 13.0 Å². The fraction of sp³-hybridized carbons (Fsp3) is 0.643. The van der Waals surface area contributed by atoms with Crippen molar-refractivity contribution >= 4 is 11.7 Å². The van der Waals surface area contributed by atoms with Crippen LogP contribution in [0.1, 0.15) is 44.7 Å². The summed E-state index contributed by atoms with van der Waals surface area (Å²) >= 11 is 0. The minimum atomic E-state index is 0.243. The molecule has 1 saturated heterocycles. The SMILES string of the molecule is CCCNc1cnc(CN2CCCCCC2=O)cn1. The highest BCUT2D eigenvalue weighted by Gasteiger charge is 2.17. The smallest absolute Gasteiger partial charge is 0.222 e. The summed E-state index contributed by atoms with van der Waals surface area (Å²) in [5.41, 5.74) is 0.859. The maximum atomic E-state index is 11.9. The van der Waals surface area contributed by atoms with E-state index < -0.39 is 0 Å². The Morgan fingerprint density at radius 3 is 2.89 bits per heavy atom. The molecule has 1 aliphatic heterocycles. The minimum absolute atomic E-state index is 0.243. The lowest BCUT2D eigenvalue weighted by Gasteiger charge is -2.19. The average Bonchev–Trinajstić information content (AvgIpc) is 2.63. The molecule has 104 valence electrons. The lowest BCUT2D eigenvalue weighted by molar-refractivity contribution is -0.131. The number of hydrogen-bond donors (Lipinski definition) is 1. The molecule has 0 aromatic carbocycles. The van der Waals surface area contributed by atoms with Gasteiger partial charge in [0.2, 0.25) is 5.91 Å². The van der Waals surface area contributed by atoms with E-state index >= 15 is 0 Å². The minimum Gasteiger partial charge on any atom is -0.369 e. The summed E-state index contributed by atoms with van der Waals surface area (Å²) in [4.78, 5) is 22.5. The largest absolute Gasteiger partial charge is 0.369 e. The maximum Gasteiger partial charge on any atom is 0.222 e. The summed E-state index contributed by atoms with van der Waals surface area (Å²) < 4.78 is 0. The second-order valence-electron chi connectivity index (χ2n) is 4.95. The number of likely N-dealkylation sites (tertiary alicyclic amines) is 1. The van der Waals surface area contributed by atoms with Crippen molar-refractivity contribution in [3.8, 4) is 0 Å². The van der Waals surface area contributed by atoms with Crippen LogP contribution in [0.5, 0.6) is 0 Å². The standard InChI is InChI=1S/C14H22N4O/c1-2-7-15-13-10-16-12(9-17-13)11-18-8-5-3-4-6-14(18)19/h9-10H,2-8,11H2,1H3,(H,15,17). The van der Waals surface area contributed by atoms with Gasteiger partial charge in [0.25, 0.3) is 0 Å². The van der Waals surface area contributed by atoms with Gasteiger partial charge in [0.1, 0.15) is 5.82 Å². The number of nitrogens with zero attached hydrogens (tertiary/aromatic N) is 3. The van der Waals surface area contributed by atoms with E-state index in [4.69, 9.17) is 0 Å². The monoisotopic (exact) mass is 262 g/mol. The average molecular weight is 262 g/mol. The van der Waals surface area contributed by atoms with E-state index in [-0.39, 0.29) is 5.91 Å². The van der Waals surface area contributed by atoms with Gasteiger partial charge >= 0.3 is 0 Å². The molecule has 0 radical (unpaired) electrons. The first kappa shape index (κ1) is 13.8. The van der Waals surface area contributed by atoms with Crippen molar-refractivity contribution in [1.82, 2.24) is 14.9 Å². The Bertz CT molecular complexity index is 404. The van der Waals surface area contributed by atoms with Gasteiger partial charge in [-0.15, -0.1) is 0 Å². The van der Waals surface area contributed by atoms with E-state index in [1.807, 2.05) is 4.90 Å². The van der Waals surface area contributed by atoms with Crippen molar-refractivity contribution in [3.63, 3.8) is 0 Å². The second kappa shape index (κ2) is 7.07. The molecule has 2 heterocycles. The van der Waals surface area contributed by atoms with Crippen LogP contribution in [0.15, 0.2) is 12.4 Å². The number of anilines is 1. The van der Waals surface area contributed by atoms with Gasteiger partial charge in [-0.25, -0.2) is 4.98 Å². The van der Waals surface area contributed by atoms with Gasteiger partial charge in [-0.2, -0.15) is 0 Å². The first-order valence-electron chi connectivity index (χ1n) is 7.12. The molecule has 0 spiro atoms. The number of nitrogens with one attached hydrogen (secondary N) is 1. The molecule has 0 aliphatic carbocycles. The quantitative estimate of drug-likeness (QED) is 0.883. The van der Waals surface area contributed by atoms with Crippen LogP contribution in [0.4, 0.5) is 5.82 Å². The lowest BCUT2D eigenvalue weighted by atomic mass is 10.2. The van der Waals surface area contributed by atoms with Gasteiger partial charge in [0, 0.05) is 19.5 Å². The summed E-state index contributed by atoms with van der Waals surface area (Å²) in [5, 5.41) is 3.19. The molecule has 1 fully saturated rings. The van der Waals surface area contributed by atoms with Crippen molar-refractivity contribution in [3.05, 3.63) is 18.1 Å². The summed E-state index contributed by atoms with van der Waals surface area (Å²) in [7, 11) is 0. The third kappa shape index (κ3) is 4.19. The Balaban J connectivity index is 1.92. The normalized spacial score (nSPS) is 16.3. The van der Waals surface area contributed by atoms with Gasteiger partial charge in [0.15, 0.2) is 0 Å². The molecule has 19 heavy (non-hydrogen) atoms. The topological polar surface area (TPSA) is 58.1 Å². The molecule has 1 aliphatic rings. The summed E-state index contributed by atoms with van der Waals surface area (Å²) in [6.45, 7) is 4.44. The lowest BCUT2D eigenvalue weighted by Crippen LogP contribution is -2.30. The van der Waals surface area contributed by atoms with E-state index in [1.165, 1.54) is 0 Å². The van der Waals surface area contributed by atoms with Crippen molar-refractivity contribution in [2.75, 3.05) is 18.4 Å². The van der Waals surface area contributed by atoms with Crippen LogP contribution in [0, 0.1) is 0 Å². The summed E-state index contributed by atoms with van der Waals surface area (Å²) in [6.07, 6.45) is 8.49. The third-order valence-corrected chi connectivity index (χ3v) is 3.29. The van der Waals surface area contributed by atoms with Gasteiger partial charge in [-0.3, -0.25) is 9.78 Å². The van der Waals surface area contributed by atoms with Crippen LogP contribution in [0.25, 0.3) is 0 Å². The molecule has 1 N–H and O–H groups in total. The van der Waals surface area contributed by atoms with Gasteiger partial charge in [-0.1, -0.05) is 13.3 Å². The first-order valence-corrected chi connectivity index (χ1v) is 7.12. The zero-order valence-electron chi connectivity index (χ0n) is 11.6. The number of carbonyl (C=O) groups excluding carboxylic acids is 1. The molecule has 5 heteroatoms. The Morgan fingerprint density at radius 2 is 2.16 bits per heavy atom. The van der Waals surface area contributed by atoms with E-state index in [2.05, 4.69) is 22.2 Å². The fourth-order valence-electron chi connectivity index (χ4n) is 2.18. The molecule has 0 bridgehead atoms. The Kier molecular flexibility index (Phi) is 5.12. The highest BCUT2D eigenvalue weighted by molar-refractivity contribution is 5.76. The predicted octanol–water partition coefficient (Wildman–Crippen LogP) is 2.20. The Morgan fingerprint density at radius 1 is 1.26 bits per heavy atom. The predicted molar refractivity (Wildman–Crippen MR) is 74.7 cm³/mol. The van der Waals surface area contributed by atoms with Crippen molar-refractivity contribution in [2.45, 2.75) is 45.6 Å². The van der Waals surface area contributed by atoms with Gasteiger partial charge in [0.05, 0.1) is 24.6 Å². The van der Waals surface area contributed by atoms with E-state index in [0.717, 1.165) is 50.3 Å². The fourth-order valence-corrected chi connectivity index (χ4v) is 2.18. The first-order chi connectivity index (χ1) is 9.29. The van der Waals surface area contributed by atoms with Crippen LogP contribution < -0.4 is 5.32 Å². The maximum absolute atomic E-state index is 11.9. The number of aromatic nitrogens is 2. The highest BCUT2D eigenvalue weighted by atomic mass is 16.2. The molecule has 1 aromatic heterocycles. The van der Waals surface area contributed by atoms with Crippen molar-refractivity contribution in [1.29, 1.82) is 0 Å². The summed E-state index contributed by atoms with van der Waals surface area (Å²) in [5.74, 6) is 1.04. The van der Waals surface area contributed by atoms with Gasteiger partial charge in [-0.05, 0) is 19.3 Å². The number of amides is 1. The number of rotatable bonds is 5. The molecule has 1 aromatic rings. The third-order valence-electron chi connectivity index (χ3n) is 3.29. The number of carbonyl (C=O) groups is 1. The molecule has 0 saturated carbocycles. The number of hydrogen-bond acceptors (Lipinski definition) is 4. The van der Waals surface area contributed by atoms with Crippen molar-refractivity contribution < 1.29 is 4.79 Å². The second-order valence-corrected chi connectivity index (χ2v) is 4.95. The van der Waals surface area contributed by atoms with Gasteiger partial charge < -0.3 is 10.2 Å². The molecule has 0 atom stereocenters. The summed E-state index contributed by atoms with van der Waals surface area (Å²) in [6, 6.07) is 0. The molecular formula is C14H22N4O. The van der Waals surface area contributed by atoms with E-state index in [1.54, 1.807) is 12.4 Å². The zero-order chi connectivity index (χ0) is 13.5. The zero-order valence-corrected chi connectivity index (χ0v) is 11.6. The van der Waals surface area contributed by atoms with Crippen LogP contribution >= 0.6 is 0 Å². The Hall–Kier alpha value is -1.65. The van der Waals surface area contributed by atoms with Crippen LogP contribution in [0.3, 0.4) is 0 Å². The van der Waals surface area contributed by atoms with Crippen LogP contribution in [-0.2, 0) is 11.3 Å². The Labute approximate surface area is 114 Å². The molecule has 0 unspecified atom stereocenters. The van der Waals surface area contributed by atoms with Crippen molar-refractivity contribution in [2.24, 2.45) is 0 Å². The molecular weight excluding hydrogens is 240 g/mol. The molecule has 1 amide bonds. The highest BCUT2D eigenvalue weighted by Crippen LogP contribution is 2.13. The molecule has 2 rings (SSSR count). The van der Waals surface area contributed by atoms with Crippen LogP contribution in [0.2, 0.25) is 0 Å². The molecule has 5 nitrogen and oxygen atoms in total. The van der Waals surface area contributed by atoms with Crippen LogP contribution in [-0.4, -0.2) is 33.9 Å².